The van der Waals surface area contributed by atoms with Gasteiger partial charge < -0.3 is 4.74 Å². The molecule has 1 aromatic heterocycles. The van der Waals surface area contributed by atoms with Crippen LogP contribution in [0.1, 0.15) is 11.3 Å². The molecule has 0 aliphatic rings. The Kier molecular flexibility index (Phi) is 6.56. The maximum absolute atomic E-state index is 14.8. The lowest BCUT2D eigenvalue weighted by Gasteiger charge is -2.15. The van der Waals surface area contributed by atoms with Crippen LogP contribution < -0.4 is 9.46 Å². The number of hydrogen-bond donors (Lipinski definition) is 1. The molecule has 0 aliphatic heterocycles. The summed E-state index contributed by atoms with van der Waals surface area (Å²) in [6, 6.07) is 11.9. The fourth-order valence-corrected chi connectivity index (χ4v) is 5.10. The summed E-state index contributed by atoms with van der Waals surface area (Å²) in [7, 11) is -4.22. The Hall–Kier alpha value is -3.08. The highest BCUT2D eigenvalue weighted by Gasteiger charge is 2.33. The summed E-state index contributed by atoms with van der Waals surface area (Å²) >= 11 is 11.7. The van der Waals surface area contributed by atoms with Gasteiger partial charge in [0.1, 0.15) is 11.5 Å². The van der Waals surface area contributed by atoms with Crippen LogP contribution in [-0.4, -0.2) is 13.4 Å². The summed E-state index contributed by atoms with van der Waals surface area (Å²) in [5, 5.41) is 0.236. The standard InChI is InChI=1S/C23H14Cl2F4N2O3S/c1-12-7-21(17-3-2-4-18(22(17)30-12)23(27,28)29)34-15-5-6-20(19(26)11-15)31-35(32,33)16-9-13(24)8-14(25)10-16/h2-11,31H,1H3. The van der Waals surface area contributed by atoms with Crippen molar-refractivity contribution in [3.05, 3.63) is 87.8 Å². The zero-order chi connectivity index (χ0) is 25.5. The average molecular weight is 545 g/mol. The number of pyridine rings is 1. The number of ether oxygens (including phenoxy) is 1. The van der Waals surface area contributed by atoms with Gasteiger partial charge in [-0.15, -0.1) is 0 Å². The van der Waals surface area contributed by atoms with E-state index in [1.165, 1.54) is 37.3 Å². The number of sulfonamides is 1. The SMILES string of the molecule is Cc1cc(Oc2ccc(NS(=O)(=O)c3cc(Cl)cc(Cl)c3)c(F)c2)c2cccc(C(F)(F)F)c2n1. The highest BCUT2D eigenvalue weighted by molar-refractivity contribution is 7.92. The van der Waals surface area contributed by atoms with E-state index in [0.717, 1.165) is 30.3 Å². The zero-order valence-corrected chi connectivity index (χ0v) is 19.9. The van der Waals surface area contributed by atoms with Crippen molar-refractivity contribution < 1.29 is 30.7 Å². The quantitative estimate of drug-likeness (QED) is 0.262. The molecule has 0 radical (unpaired) electrons. The molecule has 5 nitrogen and oxygen atoms in total. The number of para-hydroxylation sites is 1. The van der Waals surface area contributed by atoms with Crippen molar-refractivity contribution >= 4 is 49.8 Å². The Morgan fingerprint density at radius 3 is 2.29 bits per heavy atom. The van der Waals surface area contributed by atoms with Crippen LogP contribution in [0.25, 0.3) is 10.9 Å². The molecule has 1 heterocycles. The highest BCUT2D eigenvalue weighted by Crippen LogP contribution is 2.38. The second-order valence-corrected chi connectivity index (χ2v) is 9.97. The van der Waals surface area contributed by atoms with Crippen LogP contribution in [0.2, 0.25) is 10.0 Å². The minimum Gasteiger partial charge on any atom is -0.456 e. The number of nitrogens with zero attached hydrogens (tertiary/aromatic N) is 1. The van der Waals surface area contributed by atoms with Crippen molar-refractivity contribution in [3.8, 4) is 11.5 Å². The van der Waals surface area contributed by atoms with E-state index in [4.69, 9.17) is 27.9 Å². The van der Waals surface area contributed by atoms with Gasteiger partial charge in [0, 0.05) is 33.3 Å². The number of nitrogens with one attached hydrogen (secondary N) is 1. The molecule has 0 aliphatic carbocycles. The Morgan fingerprint density at radius 1 is 0.971 bits per heavy atom. The number of benzene rings is 3. The fourth-order valence-electron chi connectivity index (χ4n) is 3.31. The normalized spacial score (nSPS) is 12.1. The molecule has 12 heteroatoms. The van der Waals surface area contributed by atoms with E-state index in [1.54, 1.807) is 0 Å². The summed E-state index contributed by atoms with van der Waals surface area (Å²) in [5.74, 6) is -1.02. The monoisotopic (exact) mass is 544 g/mol. The third-order valence-corrected chi connectivity index (χ3v) is 6.58. The first kappa shape index (κ1) is 25.0. The molecular weight excluding hydrogens is 531 g/mol. The van der Waals surface area contributed by atoms with Crippen molar-refractivity contribution in [1.82, 2.24) is 4.98 Å². The molecule has 35 heavy (non-hydrogen) atoms. The molecule has 0 atom stereocenters. The maximum Gasteiger partial charge on any atom is 0.418 e. The van der Waals surface area contributed by atoms with Crippen LogP contribution in [0.15, 0.2) is 65.6 Å². The van der Waals surface area contributed by atoms with Crippen LogP contribution >= 0.6 is 23.2 Å². The van der Waals surface area contributed by atoms with Crippen molar-refractivity contribution in [1.29, 1.82) is 0 Å². The summed E-state index contributed by atoms with van der Waals surface area (Å²) in [4.78, 5) is 3.72. The largest absolute Gasteiger partial charge is 0.456 e. The molecule has 4 rings (SSSR count). The van der Waals surface area contributed by atoms with Gasteiger partial charge in [-0.3, -0.25) is 9.71 Å². The summed E-state index contributed by atoms with van der Waals surface area (Å²) in [6.07, 6.45) is -4.63. The van der Waals surface area contributed by atoms with Gasteiger partial charge in [-0.25, -0.2) is 12.8 Å². The third kappa shape index (κ3) is 5.44. The third-order valence-electron chi connectivity index (χ3n) is 4.79. The van der Waals surface area contributed by atoms with Crippen LogP contribution in [0.4, 0.5) is 23.2 Å². The lowest BCUT2D eigenvalue weighted by molar-refractivity contribution is -0.136. The number of hydrogen-bond acceptors (Lipinski definition) is 4. The van der Waals surface area contributed by atoms with Gasteiger partial charge in [-0.05, 0) is 49.4 Å². The van der Waals surface area contributed by atoms with Crippen LogP contribution in [0.3, 0.4) is 0 Å². The van der Waals surface area contributed by atoms with Gasteiger partial charge in [0.25, 0.3) is 10.0 Å². The number of halogens is 6. The van der Waals surface area contributed by atoms with Gasteiger partial charge in [0.2, 0.25) is 0 Å². The number of alkyl halides is 3. The van der Waals surface area contributed by atoms with E-state index >= 15 is 0 Å². The van der Waals surface area contributed by atoms with Crippen LogP contribution in [0, 0.1) is 12.7 Å². The predicted molar refractivity (Wildman–Crippen MR) is 125 cm³/mol. The molecule has 4 aromatic rings. The van der Waals surface area contributed by atoms with Gasteiger partial charge in [-0.1, -0.05) is 29.3 Å². The number of aryl methyl sites for hydroxylation is 1. The first-order valence-electron chi connectivity index (χ1n) is 9.77. The Morgan fingerprint density at radius 2 is 1.66 bits per heavy atom. The van der Waals surface area contributed by atoms with Crippen molar-refractivity contribution in [2.45, 2.75) is 18.0 Å². The molecular formula is C23H14Cl2F4N2O3S. The molecule has 0 saturated heterocycles. The smallest absolute Gasteiger partial charge is 0.418 e. The first-order chi connectivity index (χ1) is 16.3. The lowest BCUT2D eigenvalue weighted by Crippen LogP contribution is -2.14. The van der Waals surface area contributed by atoms with Crippen molar-refractivity contribution in [3.63, 3.8) is 0 Å². The topological polar surface area (TPSA) is 68.3 Å². The van der Waals surface area contributed by atoms with E-state index in [0.29, 0.717) is 0 Å². The van der Waals surface area contributed by atoms with Gasteiger partial charge >= 0.3 is 6.18 Å². The van der Waals surface area contributed by atoms with E-state index in [9.17, 15) is 26.0 Å². The van der Waals surface area contributed by atoms with Crippen LogP contribution in [-0.2, 0) is 16.2 Å². The Bertz CT molecular complexity index is 1540. The number of fused-ring (bicyclic) bond motifs is 1. The average Bonchev–Trinajstić information content (AvgIpc) is 2.74. The predicted octanol–water partition coefficient (Wildman–Crippen LogP) is 7.60. The van der Waals surface area contributed by atoms with Gasteiger partial charge in [0.05, 0.1) is 21.7 Å². The molecule has 3 aromatic carbocycles. The minimum absolute atomic E-state index is 0.0277. The van der Waals surface area contributed by atoms with E-state index in [-0.39, 0.29) is 48.7 Å². The molecule has 0 unspecified atom stereocenters. The molecule has 1 N–H and O–H groups in total. The number of aromatic nitrogens is 1. The first-order valence-corrected chi connectivity index (χ1v) is 12.0. The Balaban J connectivity index is 1.66. The molecule has 0 bridgehead atoms. The summed E-state index contributed by atoms with van der Waals surface area (Å²) in [5.41, 5.74) is -1.36. The molecule has 0 spiro atoms. The molecule has 0 saturated carbocycles. The highest BCUT2D eigenvalue weighted by atomic mass is 35.5. The molecule has 0 fully saturated rings. The van der Waals surface area contributed by atoms with E-state index in [2.05, 4.69) is 9.71 Å². The fraction of sp³-hybridized carbons (Fsp3) is 0.0870. The zero-order valence-electron chi connectivity index (χ0n) is 17.6. The number of anilines is 1. The van der Waals surface area contributed by atoms with Gasteiger partial charge in [-0.2, -0.15) is 13.2 Å². The lowest BCUT2D eigenvalue weighted by atomic mass is 10.1. The van der Waals surface area contributed by atoms with Gasteiger partial charge in [0.15, 0.2) is 5.82 Å². The van der Waals surface area contributed by atoms with E-state index in [1.807, 2.05) is 0 Å². The maximum atomic E-state index is 14.8. The minimum atomic E-state index is -4.63. The number of rotatable bonds is 5. The van der Waals surface area contributed by atoms with Crippen LogP contribution in [0.5, 0.6) is 11.5 Å². The van der Waals surface area contributed by atoms with Crippen molar-refractivity contribution in [2.75, 3.05) is 4.72 Å². The van der Waals surface area contributed by atoms with Crippen molar-refractivity contribution in [2.24, 2.45) is 0 Å². The summed E-state index contributed by atoms with van der Waals surface area (Å²) in [6.45, 7) is 1.50. The molecule has 0 amide bonds. The second kappa shape index (κ2) is 9.18. The second-order valence-electron chi connectivity index (χ2n) is 7.42. The molecule has 182 valence electrons. The van der Waals surface area contributed by atoms with E-state index < -0.39 is 27.6 Å². The Labute approximate surface area is 207 Å². The summed E-state index contributed by atoms with van der Waals surface area (Å²) < 4.78 is 87.9.